The summed E-state index contributed by atoms with van der Waals surface area (Å²) in [6.45, 7) is 3.82. The Labute approximate surface area is 182 Å². The third-order valence-corrected chi connectivity index (χ3v) is 6.53. The maximum Gasteiger partial charge on any atom is 0.329 e. The molecule has 30 heavy (non-hydrogen) atoms. The molecule has 1 fully saturated rings. The molecule has 1 unspecified atom stereocenters. The molecule has 0 saturated heterocycles. The number of aryl methyl sites for hydroxylation is 1. The number of carboxylic acid groups (broad SMARTS) is 1. The van der Waals surface area contributed by atoms with E-state index in [1.54, 1.807) is 7.11 Å². The number of amides is 1. The zero-order valence-electron chi connectivity index (χ0n) is 17.6. The van der Waals surface area contributed by atoms with Crippen molar-refractivity contribution < 1.29 is 19.4 Å². The van der Waals surface area contributed by atoms with Gasteiger partial charge in [0.15, 0.2) is 0 Å². The molecule has 2 N–H and O–H groups in total. The van der Waals surface area contributed by atoms with Gasteiger partial charge in [-0.25, -0.2) is 4.79 Å². The second-order valence-electron chi connectivity index (χ2n) is 8.18. The van der Waals surface area contributed by atoms with Gasteiger partial charge in [-0.2, -0.15) is 0 Å². The fraction of sp³-hybridized carbons (Fsp3) is 0.417. The fourth-order valence-electron chi connectivity index (χ4n) is 4.27. The Morgan fingerprint density at radius 3 is 2.47 bits per heavy atom. The van der Waals surface area contributed by atoms with E-state index in [4.69, 9.17) is 16.3 Å². The fourth-order valence-corrected chi connectivity index (χ4v) is 4.40. The van der Waals surface area contributed by atoms with Gasteiger partial charge >= 0.3 is 5.97 Å². The number of halogens is 1. The van der Waals surface area contributed by atoms with E-state index in [9.17, 15) is 14.7 Å². The van der Waals surface area contributed by atoms with Gasteiger partial charge < -0.3 is 15.2 Å². The molecule has 160 valence electrons. The Hall–Kier alpha value is -2.37. The summed E-state index contributed by atoms with van der Waals surface area (Å²) in [5.41, 5.74) is 2.60. The summed E-state index contributed by atoms with van der Waals surface area (Å²) in [5.74, 6) is -1.49. The van der Waals surface area contributed by atoms with Gasteiger partial charge in [-0.15, -0.1) is 0 Å². The second kappa shape index (κ2) is 9.19. The lowest BCUT2D eigenvalue weighted by Crippen LogP contribution is -2.61. The molecule has 1 aliphatic carbocycles. The smallest absolute Gasteiger partial charge is 0.329 e. The highest BCUT2D eigenvalue weighted by Gasteiger charge is 2.48. The van der Waals surface area contributed by atoms with Crippen LogP contribution in [0.2, 0.25) is 5.02 Å². The van der Waals surface area contributed by atoms with Crippen molar-refractivity contribution in [2.75, 3.05) is 7.11 Å². The molecule has 3 atom stereocenters. The first-order valence-corrected chi connectivity index (χ1v) is 10.6. The summed E-state index contributed by atoms with van der Waals surface area (Å²) in [5, 5.41) is 13.5. The summed E-state index contributed by atoms with van der Waals surface area (Å²) < 4.78 is 5.40. The summed E-state index contributed by atoms with van der Waals surface area (Å²) in [4.78, 5) is 25.0. The van der Waals surface area contributed by atoms with E-state index < -0.39 is 11.5 Å². The average molecular weight is 430 g/mol. The molecule has 2 aromatic carbocycles. The Balaban J connectivity index is 1.79. The van der Waals surface area contributed by atoms with Crippen molar-refractivity contribution in [2.45, 2.75) is 51.2 Å². The highest BCUT2D eigenvalue weighted by Crippen LogP contribution is 2.35. The Morgan fingerprint density at radius 2 is 1.87 bits per heavy atom. The van der Waals surface area contributed by atoms with Crippen molar-refractivity contribution in [3.05, 3.63) is 58.6 Å². The summed E-state index contributed by atoms with van der Waals surface area (Å²) in [6, 6.07) is 13.5. The van der Waals surface area contributed by atoms with Crippen LogP contribution in [0.1, 0.15) is 37.3 Å². The van der Waals surface area contributed by atoms with E-state index in [0.717, 1.165) is 22.3 Å². The van der Waals surface area contributed by atoms with E-state index in [2.05, 4.69) is 5.32 Å². The molecule has 0 aliphatic heterocycles. The van der Waals surface area contributed by atoms with Crippen molar-refractivity contribution in [1.82, 2.24) is 5.32 Å². The Morgan fingerprint density at radius 1 is 1.20 bits per heavy atom. The number of hydrogen-bond acceptors (Lipinski definition) is 3. The first kappa shape index (κ1) is 22.3. The summed E-state index contributed by atoms with van der Waals surface area (Å²) in [6.07, 6.45) is 1.73. The number of rotatable bonds is 6. The molecule has 0 spiro atoms. The van der Waals surface area contributed by atoms with E-state index in [-0.39, 0.29) is 24.3 Å². The number of aliphatic carboxylic acids is 1. The molecular weight excluding hydrogens is 402 g/mol. The minimum atomic E-state index is -1.26. The first-order chi connectivity index (χ1) is 14.2. The van der Waals surface area contributed by atoms with Gasteiger partial charge in [0.1, 0.15) is 5.54 Å². The van der Waals surface area contributed by atoms with Gasteiger partial charge in [-0.1, -0.05) is 48.9 Å². The SMILES string of the molecule is CO[C@H]1CCC(NC(=O)Cc2cc(-c3ccc(Cl)cc3)ccc2C)(C(=O)O)[C@@H](C)C1. The largest absolute Gasteiger partial charge is 0.479 e. The van der Waals surface area contributed by atoms with Crippen LogP contribution in [0, 0.1) is 12.8 Å². The van der Waals surface area contributed by atoms with Gasteiger partial charge in [-0.05, 0) is 66.5 Å². The molecule has 0 aromatic heterocycles. The normalized spacial score (nSPS) is 23.7. The molecule has 1 saturated carbocycles. The van der Waals surface area contributed by atoms with Crippen LogP contribution in [0.3, 0.4) is 0 Å². The number of benzene rings is 2. The van der Waals surface area contributed by atoms with E-state index in [1.807, 2.05) is 56.3 Å². The van der Waals surface area contributed by atoms with Crippen molar-refractivity contribution in [3.8, 4) is 11.1 Å². The Kier molecular flexibility index (Phi) is 6.84. The van der Waals surface area contributed by atoms with Crippen LogP contribution in [-0.4, -0.2) is 35.7 Å². The molecule has 6 heteroatoms. The molecule has 1 amide bonds. The highest BCUT2D eigenvalue weighted by molar-refractivity contribution is 6.30. The third kappa shape index (κ3) is 4.68. The predicted molar refractivity (Wildman–Crippen MR) is 118 cm³/mol. The van der Waals surface area contributed by atoms with Crippen LogP contribution >= 0.6 is 11.6 Å². The molecule has 5 nitrogen and oxygen atoms in total. The monoisotopic (exact) mass is 429 g/mol. The number of carbonyl (C=O) groups excluding carboxylic acids is 1. The standard InChI is InChI=1S/C24H28ClNO4/c1-15-4-5-18(17-6-8-20(25)9-7-17)13-19(15)14-22(27)26-24(23(28)29)11-10-21(30-3)12-16(24)2/h4-9,13,16,21H,10-12,14H2,1-3H3,(H,26,27)(H,28,29)/t16-,21-,24?/m0/s1. The van der Waals surface area contributed by atoms with Crippen LogP contribution in [0.25, 0.3) is 11.1 Å². The highest BCUT2D eigenvalue weighted by atomic mass is 35.5. The maximum absolute atomic E-state index is 12.9. The molecule has 1 aliphatic rings. The van der Waals surface area contributed by atoms with Crippen LogP contribution in [0.4, 0.5) is 0 Å². The number of carbonyl (C=O) groups is 2. The maximum atomic E-state index is 12.9. The van der Waals surface area contributed by atoms with Gasteiger partial charge in [-0.3, -0.25) is 4.79 Å². The quantitative estimate of drug-likeness (QED) is 0.701. The average Bonchev–Trinajstić information content (AvgIpc) is 2.71. The van der Waals surface area contributed by atoms with Crippen LogP contribution in [0.15, 0.2) is 42.5 Å². The van der Waals surface area contributed by atoms with Crippen LogP contribution < -0.4 is 5.32 Å². The summed E-state index contributed by atoms with van der Waals surface area (Å²) >= 11 is 5.98. The van der Waals surface area contributed by atoms with Crippen LogP contribution in [0.5, 0.6) is 0 Å². The van der Waals surface area contributed by atoms with Crippen molar-refractivity contribution in [2.24, 2.45) is 5.92 Å². The molecule has 2 aromatic rings. The molecule has 0 bridgehead atoms. The molecule has 0 heterocycles. The number of nitrogens with one attached hydrogen (secondary N) is 1. The zero-order chi connectivity index (χ0) is 21.9. The van der Waals surface area contributed by atoms with Crippen molar-refractivity contribution in [1.29, 1.82) is 0 Å². The van der Waals surface area contributed by atoms with Crippen molar-refractivity contribution in [3.63, 3.8) is 0 Å². The first-order valence-electron chi connectivity index (χ1n) is 10.2. The lowest BCUT2D eigenvalue weighted by atomic mass is 9.72. The van der Waals surface area contributed by atoms with Gasteiger partial charge in [0.25, 0.3) is 0 Å². The number of hydrogen-bond donors (Lipinski definition) is 2. The van der Waals surface area contributed by atoms with Crippen LogP contribution in [-0.2, 0) is 20.7 Å². The van der Waals surface area contributed by atoms with Gasteiger partial charge in [0.2, 0.25) is 5.91 Å². The van der Waals surface area contributed by atoms with Gasteiger partial charge in [0.05, 0.1) is 12.5 Å². The molecule has 3 rings (SSSR count). The number of methoxy groups -OCH3 is 1. The predicted octanol–water partition coefficient (Wildman–Crippen LogP) is 4.63. The minimum absolute atomic E-state index is 0.0303. The third-order valence-electron chi connectivity index (χ3n) is 6.27. The molecular formula is C24H28ClNO4. The number of ether oxygens (including phenoxy) is 1. The minimum Gasteiger partial charge on any atom is -0.479 e. The summed E-state index contributed by atoms with van der Waals surface area (Å²) in [7, 11) is 1.64. The lowest BCUT2D eigenvalue weighted by Gasteiger charge is -2.42. The van der Waals surface area contributed by atoms with E-state index >= 15 is 0 Å². The van der Waals surface area contributed by atoms with E-state index in [0.29, 0.717) is 24.3 Å². The lowest BCUT2D eigenvalue weighted by molar-refractivity contribution is -0.153. The van der Waals surface area contributed by atoms with E-state index in [1.165, 1.54) is 0 Å². The van der Waals surface area contributed by atoms with Gasteiger partial charge in [0, 0.05) is 12.1 Å². The molecule has 0 radical (unpaired) electrons. The number of carboxylic acids is 1. The Bertz CT molecular complexity index is 927. The second-order valence-corrected chi connectivity index (χ2v) is 8.62. The topological polar surface area (TPSA) is 75.6 Å². The van der Waals surface area contributed by atoms with Crippen molar-refractivity contribution >= 4 is 23.5 Å². The zero-order valence-corrected chi connectivity index (χ0v) is 18.3.